The molecule has 0 unspecified atom stereocenters. The Morgan fingerprint density at radius 3 is 1.05 bits per heavy atom. The van der Waals surface area contributed by atoms with E-state index in [2.05, 4.69) is 33.0 Å². The Labute approximate surface area is 133 Å². The third kappa shape index (κ3) is 21.0. The third-order valence-electron chi connectivity index (χ3n) is 2.92. The molecule has 0 aromatic rings. The maximum atomic E-state index is 4.94. The Morgan fingerprint density at radius 1 is 0.632 bits per heavy atom. The predicted octanol–water partition coefficient (Wildman–Crippen LogP) is 2.32. The second kappa shape index (κ2) is 16.6. The molecule has 19 heavy (non-hydrogen) atoms. The topological polar surface area (TPSA) is 23.3 Å². The Bertz CT molecular complexity index is 130. The third-order valence-corrected chi connectivity index (χ3v) is 2.92. The van der Waals surface area contributed by atoms with E-state index in [-0.39, 0.29) is 18.9 Å². The Balaban J connectivity index is 0. The molecule has 1 aliphatic carbocycles. The van der Waals surface area contributed by atoms with Crippen molar-refractivity contribution in [2.45, 2.75) is 91.1 Å². The molecule has 0 aromatic carbocycles. The monoisotopic (exact) mass is 263 g/mol. The van der Waals surface area contributed by atoms with Gasteiger partial charge < -0.3 is 10.1 Å². The van der Waals surface area contributed by atoms with E-state index >= 15 is 0 Å². The van der Waals surface area contributed by atoms with E-state index in [0.717, 1.165) is 13.2 Å². The number of hydrogen-bond donors (Lipinski definition) is 0. The van der Waals surface area contributed by atoms with Crippen LogP contribution in [0, 0.1) is 0 Å². The molecule has 1 heterocycles. The van der Waals surface area contributed by atoms with Gasteiger partial charge in [-0.25, -0.2) is 0 Å². The quantitative estimate of drug-likeness (QED) is 0.701. The molecule has 2 rings (SSSR count). The molecule has 0 spiro atoms. The fraction of sp³-hybridized carbons (Fsp3) is 1.00. The second-order valence-corrected chi connectivity index (χ2v) is 5.78. The van der Waals surface area contributed by atoms with Crippen molar-refractivity contribution in [3.63, 3.8) is 0 Å². The van der Waals surface area contributed by atoms with Crippen molar-refractivity contribution >= 4 is 0 Å². The molecule has 3 heteroatoms. The van der Waals surface area contributed by atoms with Crippen molar-refractivity contribution in [2.24, 2.45) is 0 Å². The van der Waals surface area contributed by atoms with Crippen molar-refractivity contribution in [3.05, 3.63) is 5.32 Å². The molecule has 1 saturated heterocycles. The van der Waals surface area contributed by atoms with Crippen molar-refractivity contribution in [1.29, 1.82) is 0 Å². The molecule has 1 aliphatic heterocycles. The van der Waals surface area contributed by atoms with Gasteiger partial charge in [-0.05, 0) is 12.8 Å². The van der Waals surface area contributed by atoms with Crippen LogP contribution in [0.4, 0.5) is 0 Å². The van der Waals surface area contributed by atoms with Crippen LogP contribution < -0.4 is 18.9 Å². The van der Waals surface area contributed by atoms with Gasteiger partial charge in [-0.15, -0.1) is 12.1 Å². The zero-order valence-electron chi connectivity index (χ0n) is 14.1. The summed E-state index contributed by atoms with van der Waals surface area (Å²) in [5.41, 5.74) is 0. The number of ether oxygens (including phenoxy) is 1. The van der Waals surface area contributed by atoms with Crippen molar-refractivity contribution in [3.8, 4) is 0 Å². The minimum absolute atomic E-state index is 0. The van der Waals surface area contributed by atoms with Crippen LogP contribution in [0.3, 0.4) is 0 Å². The van der Waals surface area contributed by atoms with E-state index in [9.17, 15) is 0 Å². The fourth-order valence-electron chi connectivity index (χ4n) is 2.17. The van der Waals surface area contributed by atoms with Gasteiger partial charge in [0, 0.05) is 13.2 Å². The molecule has 2 aliphatic rings. The van der Waals surface area contributed by atoms with Crippen LogP contribution in [-0.4, -0.2) is 25.3 Å². The molecular formula is C16H34LiNO. The first-order chi connectivity index (χ1) is 8.63. The molecule has 2 nitrogen and oxygen atoms in total. The number of hydrogen-bond acceptors (Lipinski definition) is 1. The van der Waals surface area contributed by atoms with Crippen molar-refractivity contribution in [2.75, 3.05) is 13.2 Å². The van der Waals surface area contributed by atoms with Crippen molar-refractivity contribution in [1.82, 2.24) is 0 Å². The van der Waals surface area contributed by atoms with Gasteiger partial charge >= 0.3 is 18.9 Å². The molecule has 0 atom stereocenters. The number of nitrogens with zero attached hydrogens (tertiary/aromatic N) is 1. The van der Waals surface area contributed by atoms with Gasteiger partial charge in [0.2, 0.25) is 0 Å². The molecule has 0 N–H and O–H groups in total. The van der Waals surface area contributed by atoms with E-state index in [1.807, 2.05) is 0 Å². The minimum atomic E-state index is 0. The van der Waals surface area contributed by atoms with Gasteiger partial charge in [-0.2, -0.15) is 0 Å². The van der Waals surface area contributed by atoms with Crippen LogP contribution in [0.2, 0.25) is 0 Å². The summed E-state index contributed by atoms with van der Waals surface area (Å²) in [7, 11) is 0. The maximum absolute atomic E-state index is 4.94. The van der Waals surface area contributed by atoms with Crippen LogP contribution in [0.15, 0.2) is 0 Å². The summed E-state index contributed by atoms with van der Waals surface area (Å²) >= 11 is 0. The summed E-state index contributed by atoms with van der Waals surface area (Å²) in [6, 6.07) is 1.000. The van der Waals surface area contributed by atoms with Gasteiger partial charge in [-0.1, -0.05) is 66.2 Å². The molecule has 110 valence electrons. The Hall–Kier alpha value is 0.517. The molecule has 0 radical (unpaired) electrons. The minimum Gasteiger partial charge on any atom is -0.658 e. The average Bonchev–Trinajstić information content (AvgIpc) is 2.89. The van der Waals surface area contributed by atoms with Gasteiger partial charge in [0.1, 0.15) is 0 Å². The normalized spacial score (nSPS) is 18.0. The second-order valence-electron chi connectivity index (χ2n) is 5.78. The zero-order valence-corrected chi connectivity index (χ0v) is 14.1. The van der Waals surface area contributed by atoms with Crippen LogP contribution in [0.25, 0.3) is 5.32 Å². The van der Waals surface area contributed by atoms with Crippen LogP contribution >= 0.6 is 0 Å². The molecule has 1 saturated carbocycles. The summed E-state index contributed by atoms with van der Waals surface area (Å²) in [4.78, 5) is 0. The average molecular weight is 263 g/mol. The first-order valence-corrected chi connectivity index (χ1v) is 7.90. The van der Waals surface area contributed by atoms with Gasteiger partial charge in [0.25, 0.3) is 0 Å². The summed E-state index contributed by atoms with van der Waals surface area (Å²) in [6.07, 6.45) is 11.6. The van der Waals surface area contributed by atoms with E-state index in [1.165, 1.54) is 51.4 Å². The Morgan fingerprint density at radius 2 is 0.947 bits per heavy atom. The zero-order chi connectivity index (χ0) is 13.6. The molecule has 0 aromatic heterocycles. The maximum Gasteiger partial charge on any atom is 1.00 e. The van der Waals surface area contributed by atoms with E-state index in [1.54, 1.807) is 0 Å². The first-order valence-electron chi connectivity index (χ1n) is 7.90. The molecule has 2 fully saturated rings. The summed E-state index contributed by atoms with van der Waals surface area (Å²) < 4.78 is 4.94. The first kappa shape index (κ1) is 21.8. The van der Waals surface area contributed by atoms with Crippen molar-refractivity contribution < 1.29 is 23.6 Å². The molecular weight excluding hydrogens is 229 g/mol. The summed E-state index contributed by atoms with van der Waals surface area (Å²) in [6.45, 7) is 10.4. The number of rotatable bonds is 2. The standard InChI is InChI=1S/C6H14N.C6H12.C4H8O.Li/c1-5(2)7-6(3)4;1-2-4-6-5-3-1;1-2-4-5-3-1;/h5-6H,1-4H3;1-6H2;1-4H2;/q-1;;;+1. The van der Waals surface area contributed by atoms with Gasteiger partial charge in [-0.3, -0.25) is 0 Å². The Kier molecular flexibility index (Phi) is 19.0. The molecule has 0 bridgehead atoms. The predicted molar refractivity (Wildman–Crippen MR) is 81.4 cm³/mol. The fourth-order valence-corrected chi connectivity index (χ4v) is 2.17. The van der Waals surface area contributed by atoms with E-state index in [4.69, 9.17) is 4.74 Å². The smallest absolute Gasteiger partial charge is 0.658 e. The van der Waals surface area contributed by atoms with Crippen LogP contribution in [0.5, 0.6) is 0 Å². The summed E-state index contributed by atoms with van der Waals surface area (Å²) in [5, 5.41) is 4.28. The molecule has 0 amide bonds. The van der Waals surface area contributed by atoms with Gasteiger partial charge in [0.15, 0.2) is 0 Å². The largest absolute Gasteiger partial charge is 1.00 e. The van der Waals surface area contributed by atoms with Crippen LogP contribution in [-0.2, 0) is 4.74 Å². The van der Waals surface area contributed by atoms with E-state index in [0.29, 0.717) is 12.1 Å². The van der Waals surface area contributed by atoms with Crippen LogP contribution in [0.1, 0.15) is 79.1 Å². The van der Waals surface area contributed by atoms with E-state index < -0.39 is 0 Å². The summed E-state index contributed by atoms with van der Waals surface area (Å²) in [5.74, 6) is 0. The SMILES string of the molecule is C1CCCCC1.C1CCOC1.CC(C)[N-]C(C)C.[Li+]. The van der Waals surface area contributed by atoms with Gasteiger partial charge in [0.05, 0.1) is 0 Å².